The number of hydrogen-bond acceptors (Lipinski definition) is 5. The quantitative estimate of drug-likeness (QED) is 0.641. The standard InChI is InChI=1S/C18H20N4O3/c1-13(20-21-18(24)15-8-10-19-11-9-15)14-4-6-16(7-5-14)25-12-17(23)22(2)3/h4-11H,12H2,1-3H3,(H,21,24)/b20-13-. The molecule has 0 aliphatic carbocycles. The summed E-state index contributed by atoms with van der Waals surface area (Å²) in [5.41, 5.74) is 4.48. The summed E-state index contributed by atoms with van der Waals surface area (Å²) in [6.07, 6.45) is 3.09. The van der Waals surface area contributed by atoms with Crippen LogP contribution in [0.2, 0.25) is 0 Å². The number of nitrogens with zero attached hydrogens (tertiary/aromatic N) is 3. The Morgan fingerprint density at radius 2 is 1.72 bits per heavy atom. The smallest absolute Gasteiger partial charge is 0.271 e. The number of carbonyl (C=O) groups is 2. The fourth-order valence-corrected chi connectivity index (χ4v) is 1.83. The number of ether oxygens (including phenoxy) is 1. The molecule has 7 heteroatoms. The largest absolute Gasteiger partial charge is 0.484 e. The number of nitrogens with one attached hydrogen (secondary N) is 1. The maximum absolute atomic E-state index is 11.9. The average Bonchev–Trinajstić information content (AvgIpc) is 2.64. The molecule has 2 aromatic rings. The summed E-state index contributed by atoms with van der Waals surface area (Å²) >= 11 is 0. The van der Waals surface area contributed by atoms with Crippen LogP contribution in [0.1, 0.15) is 22.8 Å². The van der Waals surface area contributed by atoms with Gasteiger partial charge in [-0.1, -0.05) is 0 Å². The molecule has 130 valence electrons. The van der Waals surface area contributed by atoms with Crippen molar-refractivity contribution in [2.24, 2.45) is 5.10 Å². The average molecular weight is 340 g/mol. The van der Waals surface area contributed by atoms with E-state index in [1.54, 1.807) is 57.7 Å². The number of hydrazone groups is 1. The Bertz CT molecular complexity index is 756. The summed E-state index contributed by atoms with van der Waals surface area (Å²) in [4.78, 5) is 28.8. The lowest BCUT2D eigenvalue weighted by molar-refractivity contribution is -0.130. The van der Waals surface area contributed by atoms with Crippen LogP contribution in [0, 0.1) is 0 Å². The van der Waals surface area contributed by atoms with E-state index in [-0.39, 0.29) is 18.4 Å². The topological polar surface area (TPSA) is 83.9 Å². The Morgan fingerprint density at radius 1 is 1.08 bits per heavy atom. The number of carbonyl (C=O) groups excluding carboxylic acids is 2. The van der Waals surface area contributed by atoms with Crippen molar-refractivity contribution in [3.8, 4) is 5.75 Å². The number of pyridine rings is 1. The molecule has 0 saturated carbocycles. The number of hydrogen-bond donors (Lipinski definition) is 1. The van der Waals surface area contributed by atoms with Crippen molar-refractivity contribution in [2.45, 2.75) is 6.92 Å². The van der Waals surface area contributed by atoms with Crippen LogP contribution in [0.25, 0.3) is 0 Å². The van der Waals surface area contributed by atoms with Crippen LogP contribution in [-0.2, 0) is 4.79 Å². The lowest BCUT2D eigenvalue weighted by Gasteiger charge is -2.11. The van der Waals surface area contributed by atoms with Crippen molar-refractivity contribution in [1.82, 2.24) is 15.3 Å². The number of likely N-dealkylation sites (N-methyl/N-ethyl adjacent to an activating group) is 1. The number of benzene rings is 1. The van der Waals surface area contributed by atoms with Crippen LogP contribution in [0.5, 0.6) is 5.75 Å². The molecule has 0 unspecified atom stereocenters. The molecule has 7 nitrogen and oxygen atoms in total. The van der Waals surface area contributed by atoms with Gasteiger partial charge in [0.2, 0.25) is 0 Å². The Balaban J connectivity index is 1.94. The lowest BCUT2D eigenvalue weighted by Crippen LogP contribution is -2.27. The maximum atomic E-state index is 11.9. The third kappa shape index (κ3) is 5.42. The minimum atomic E-state index is -0.302. The molecular weight excluding hydrogens is 320 g/mol. The summed E-state index contributed by atoms with van der Waals surface area (Å²) < 4.78 is 5.41. The fraction of sp³-hybridized carbons (Fsp3) is 0.222. The highest BCUT2D eigenvalue weighted by Gasteiger charge is 2.06. The van der Waals surface area contributed by atoms with Crippen LogP contribution in [0.15, 0.2) is 53.9 Å². The van der Waals surface area contributed by atoms with Crippen molar-refractivity contribution in [2.75, 3.05) is 20.7 Å². The molecule has 0 radical (unpaired) electrons. The van der Waals surface area contributed by atoms with E-state index in [2.05, 4.69) is 15.5 Å². The van der Waals surface area contributed by atoms with Crippen LogP contribution >= 0.6 is 0 Å². The number of amides is 2. The van der Waals surface area contributed by atoms with E-state index in [1.165, 1.54) is 4.90 Å². The molecule has 1 aromatic carbocycles. The molecule has 1 N–H and O–H groups in total. The Morgan fingerprint density at radius 3 is 2.32 bits per heavy atom. The van der Waals surface area contributed by atoms with Gasteiger partial charge in [-0.3, -0.25) is 14.6 Å². The minimum Gasteiger partial charge on any atom is -0.484 e. The molecule has 25 heavy (non-hydrogen) atoms. The second-order valence-corrected chi connectivity index (χ2v) is 5.48. The van der Waals surface area contributed by atoms with E-state index >= 15 is 0 Å². The van der Waals surface area contributed by atoms with Crippen LogP contribution in [0.3, 0.4) is 0 Å². The second-order valence-electron chi connectivity index (χ2n) is 5.48. The van der Waals surface area contributed by atoms with Crippen LogP contribution < -0.4 is 10.2 Å². The highest BCUT2D eigenvalue weighted by atomic mass is 16.5. The molecule has 2 amide bonds. The van der Waals surface area contributed by atoms with Gasteiger partial charge in [0.05, 0.1) is 5.71 Å². The van der Waals surface area contributed by atoms with E-state index in [4.69, 9.17) is 4.74 Å². The van der Waals surface area contributed by atoms with Gasteiger partial charge in [0.1, 0.15) is 5.75 Å². The van der Waals surface area contributed by atoms with Gasteiger partial charge in [-0.2, -0.15) is 5.10 Å². The Kier molecular flexibility index (Phi) is 6.22. The van der Waals surface area contributed by atoms with Gasteiger partial charge in [0.25, 0.3) is 11.8 Å². The first-order chi connectivity index (χ1) is 12.0. The van der Waals surface area contributed by atoms with E-state index in [9.17, 15) is 9.59 Å². The predicted molar refractivity (Wildman–Crippen MR) is 94.5 cm³/mol. The van der Waals surface area contributed by atoms with Gasteiger partial charge in [-0.25, -0.2) is 5.43 Å². The van der Waals surface area contributed by atoms with Crippen LogP contribution in [-0.4, -0.2) is 48.1 Å². The molecule has 0 fully saturated rings. The normalized spacial score (nSPS) is 10.9. The molecular formula is C18H20N4O3. The van der Waals surface area contributed by atoms with Gasteiger partial charge >= 0.3 is 0 Å². The van der Waals surface area contributed by atoms with Crippen molar-refractivity contribution in [3.63, 3.8) is 0 Å². The van der Waals surface area contributed by atoms with E-state index in [0.717, 1.165) is 5.56 Å². The predicted octanol–water partition coefficient (Wildman–Crippen LogP) is 1.70. The Hall–Kier alpha value is -3.22. The SMILES string of the molecule is C/C(=N/NC(=O)c1ccncc1)c1ccc(OCC(=O)N(C)C)cc1. The Labute approximate surface area is 146 Å². The lowest BCUT2D eigenvalue weighted by atomic mass is 10.1. The molecule has 0 bridgehead atoms. The number of aromatic nitrogens is 1. The van der Waals surface area contributed by atoms with Gasteiger partial charge < -0.3 is 9.64 Å². The molecule has 0 spiro atoms. The zero-order valence-corrected chi connectivity index (χ0v) is 14.4. The molecule has 1 heterocycles. The first-order valence-electron chi connectivity index (χ1n) is 7.65. The fourth-order valence-electron chi connectivity index (χ4n) is 1.83. The summed E-state index contributed by atoms with van der Waals surface area (Å²) in [5, 5.41) is 4.09. The van der Waals surface area contributed by atoms with E-state index < -0.39 is 0 Å². The molecule has 0 saturated heterocycles. The third-order valence-corrected chi connectivity index (χ3v) is 3.40. The molecule has 1 aromatic heterocycles. The maximum Gasteiger partial charge on any atom is 0.271 e. The van der Waals surface area contributed by atoms with Crippen molar-refractivity contribution < 1.29 is 14.3 Å². The van der Waals surface area contributed by atoms with E-state index in [0.29, 0.717) is 17.0 Å². The molecule has 0 aliphatic heterocycles. The summed E-state index contributed by atoms with van der Waals surface area (Å²) in [6.45, 7) is 1.78. The highest BCUT2D eigenvalue weighted by Crippen LogP contribution is 2.13. The molecule has 2 rings (SSSR count). The zero-order chi connectivity index (χ0) is 18.2. The minimum absolute atomic E-state index is 0.0125. The van der Waals surface area contributed by atoms with E-state index in [1.807, 2.05) is 12.1 Å². The summed E-state index contributed by atoms with van der Waals surface area (Å²) in [6, 6.07) is 10.4. The molecule has 0 atom stereocenters. The first-order valence-corrected chi connectivity index (χ1v) is 7.65. The first kappa shape index (κ1) is 18.1. The number of rotatable bonds is 6. The van der Waals surface area contributed by atoms with Crippen LogP contribution in [0.4, 0.5) is 0 Å². The van der Waals surface area contributed by atoms with Gasteiger partial charge in [0.15, 0.2) is 6.61 Å². The van der Waals surface area contributed by atoms with Crippen molar-refractivity contribution in [3.05, 3.63) is 59.9 Å². The highest BCUT2D eigenvalue weighted by molar-refractivity contribution is 6.00. The van der Waals surface area contributed by atoms with Gasteiger partial charge in [-0.05, 0) is 48.9 Å². The van der Waals surface area contributed by atoms with Gasteiger partial charge in [-0.15, -0.1) is 0 Å². The van der Waals surface area contributed by atoms with Crippen molar-refractivity contribution in [1.29, 1.82) is 0 Å². The van der Waals surface area contributed by atoms with Gasteiger partial charge in [0, 0.05) is 32.1 Å². The second kappa shape index (κ2) is 8.58. The summed E-state index contributed by atoms with van der Waals surface area (Å²) in [5.74, 6) is 0.178. The van der Waals surface area contributed by atoms with Crippen molar-refractivity contribution >= 4 is 17.5 Å². The summed E-state index contributed by atoms with van der Waals surface area (Å²) in [7, 11) is 3.35. The molecule has 0 aliphatic rings. The monoisotopic (exact) mass is 340 g/mol. The third-order valence-electron chi connectivity index (χ3n) is 3.40. The zero-order valence-electron chi connectivity index (χ0n) is 14.4.